The van der Waals surface area contributed by atoms with E-state index in [0.29, 0.717) is 22.3 Å². The molecule has 4 nitrogen and oxygen atoms in total. The number of nitrogens with one attached hydrogen (secondary N) is 1. The van der Waals surface area contributed by atoms with Crippen LogP contribution in [0.3, 0.4) is 0 Å². The topological polar surface area (TPSA) is 65.8 Å². The Balaban J connectivity index is 1.82. The van der Waals surface area contributed by atoms with Crippen LogP contribution in [-0.4, -0.2) is 10.9 Å². The number of anilines is 1. The zero-order valence-electron chi connectivity index (χ0n) is 9.61. The maximum absolute atomic E-state index is 11.8. The third-order valence-corrected chi connectivity index (χ3v) is 3.88. The van der Waals surface area contributed by atoms with Crippen LogP contribution in [0.2, 0.25) is 0 Å². The van der Waals surface area contributed by atoms with Gasteiger partial charge in [-0.25, -0.2) is 4.98 Å². The van der Waals surface area contributed by atoms with Crippen LogP contribution in [0, 0.1) is 17.2 Å². The van der Waals surface area contributed by atoms with E-state index in [1.54, 1.807) is 0 Å². The highest BCUT2D eigenvalue weighted by Gasteiger charge is 2.17. The number of hydrogen-bond donors (Lipinski definition) is 1. The molecule has 1 aromatic heterocycles. The quantitative estimate of drug-likeness (QED) is 0.895. The molecule has 0 unspecified atom stereocenters. The number of nitrogens with zero attached hydrogens (tertiary/aromatic N) is 2. The second-order valence-electron chi connectivity index (χ2n) is 4.40. The average Bonchev–Trinajstić information content (AvgIpc) is 2.78. The second kappa shape index (κ2) is 5.78. The van der Waals surface area contributed by atoms with Crippen molar-refractivity contribution < 1.29 is 4.79 Å². The first-order chi connectivity index (χ1) is 8.28. The summed E-state index contributed by atoms with van der Waals surface area (Å²) >= 11 is 1.22. The SMILES string of the molecule is N#Cc1cnc(NC(=O)CC2CCCCC2)s1. The molecule has 2 rings (SSSR count). The predicted octanol–water partition coefficient (Wildman–Crippen LogP) is 2.92. The molecule has 5 heteroatoms. The van der Waals surface area contributed by atoms with E-state index >= 15 is 0 Å². The van der Waals surface area contributed by atoms with Crippen molar-refractivity contribution in [3.63, 3.8) is 0 Å². The lowest BCUT2D eigenvalue weighted by Crippen LogP contribution is -2.18. The van der Waals surface area contributed by atoms with Gasteiger partial charge < -0.3 is 5.32 Å². The molecule has 0 aromatic carbocycles. The van der Waals surface area contributed by atoms with Gasteiger partial charge in [-0.2, -0.15) is 5.26 Å². The van der Waals surface area contributed by atoms with Crippen LogP contribution < -0.4 is 5.32 Å². The van der Waals surface area contributed by atoms with E-state index in [9.17, 15) is 4.79 Å². The second-order valence-corrected chi connectivity index (χ2v) is 5.43. The average molecular weight is 249 g/mol. The molecule has 0 bridgehead atoms. The zero-order chi connectivity index (χ0) is 12.1. The maximum Gasteiger partial charge on any atom is 0.226 e. The Morgan fingerprint density at radius 3 is 2.94 bits per heavy atom. The van der Waals surface area contributed by atoms with E-state index in [0.717, 1.165) is 12.8 Å². The molecule has 1 aromatic rings. The van der Waals surface area contributed by atoms with Crippen molar-refractivity contribution in [2.45, 2.75) is 38.5 Å². The summed E-state index contributed by atoms with van der Waals surface area (Å²) in [5.41, 5.74) is 0. The molecule has 0 spiro atoms. The predicted molar refractivity (Wildman–Crippen MR) is 66.7 cm³/mol. The third-order valence-electron chi connectivity index (χ3n) is 3.06. The molecule has 17 heavy (non-hydrogen) atoms. The van der Waals surface area contributed by atoms with Gasteiger partial charge in [0.25, 0.3) is 0 Å². The van der Waals surface area contributed by atoms with Crippen LogP contribution in [0.4, 0.5) is 5.13 Å². The first kappa shape index (κ1) is 12.1. The number of nitriles is 1. The molecule has 0 saturated heterocycles. The Hall–Kier alpha value is -1.41. The summed E-state index contributed by atoms with van der Waals surface area (Å²) in [6.07, 6.45) is 8.18. The van der Waals surface area contributed by atoms with Gasteiger partial charge in [0.2, 0.25) is 5.91 Å². The molecular weight excluding hydrogens is 234 g/mol. The van der Waals surface area contributed by atoms with Gasteiger partial charge in [-0.05, 0) is 18.8 Å². The number of hydrogen-bond acceptors (Lipinski definition) is 4. The molecule has 1 fully saturated rings. The molecule has 0 atom stereocenters. The Bertz CT molecular complexity index is 429. The molecule has 90 valence electrons. The van der Waals surface area contributed by atoms with Crippen LogP contribution in [0.15, 0.2) is 6.20 Å². The minimum absolute atomic E-state index is 0.0238. The Kier molecular flexibility index (Phi) is 4.10. The van der Waals surface area contributed by atoms with Gasteiger partial charge in [0.05, 0.1) is 6.20 Å². The van der Waals surface area contributed by atoms with Crippen LogP contribution in [0.25, 0.3) is 0 Å². The summed E-state index contributed by atoms with van der Waals surface area (Å²) in [6.45, 7) is 0. The Morgan fingerprint density at radius 2 is 2.29 bits per heavy atom. The number of aromatic nitrogens is 1. The van der Waals surface area contributed by atoms with Crippen molar-refractivity contribution in [2.24, 2.45) is 5.92 Å². The molecule has 1 aliphatic carbocycles. The van der Waals surface area contributed by atoms with E-state index in [-0.39, 0.29) is 5.91 Å². The standard InChI is InChI=1S/C12H15N3OS/c13-7-10-8-14-12(17-10)15-11(16)6-9-4-2-1-3-5-9/h8-9H,1-6H2,(H,14,15,16). The van der Waals surface area contributed by atoms with Gasteiger partial charge in [-0.1, -0.05) is 30.6 Å². The normalized spacial score (nSPS) is 16.4. The van der Waals surface area contributed by atoms with E-state index in [2.05, 4.69) is 10.3 Å². The first-order valence-electron chi connectivity index (χ1n) is 5.93. The molecule has 1 saturated carbocycles. The Labute approximate surface area is 105 Å². The molecule has 0 aliphatic heterocycles. The lowest BCUT2D eigenvalue weighted by atomic mass is 9.87. The molecule has 1 aliphatic rings. The Morgan fingerprint density at radius 1 is 1.53 bits per heavy atom. The highest BCUT2D eigenvalue weighted by molar-refractivity contribution is 7.16. The first-order valence-corrected chi connectivity index (χ1v) is 6.75. The number of carbonyl (C=O) groups excluding carboxylic acids is 1. The van der Waals surface area contributed by atoms with Crippen LogP contribution in [0.1, 0.15) is 43.4 Å². The highest BCUT2D eigenvalue weighted by atomic mass is 32.1. The summed E-state index contributed by atoms with van der Waals surface area (Å²) in [4.78, 5) is 16.3. The van der Waals surface area contributed by atoms with Gasteiger partial charge in [0.15, 0.2) is 5.13 Å². The van der Waals surface area contributed by atoms with Crippen molar-refractivity contribution in [1.82, 2.24) is 4.98 Å². The number of thiazole rings is 1. The van der Waals surface area contributed by atoms with Gasteiger partial charge in [0, 0.05) is 6.42 Å². The van der Waals surface area contributed by atoms with Gasteiger partial charge in [-0.3, -0.25) is 4.79 Å². The fourth-order valence-corrected chi connectivity index (χ4v) is 2.84. The van der Waals surface area contributed by atoms with E-state index in [1.165, 1.54) is 36.8 Å². The number of rotatable bonds is 3. The van der Waals surface area contributed by atoms with Crippen LogP contribution >= 0.6 is 11.3 Å². The minimum Gasteiger partial charge on any atom is -0.302 e. The van der Waals surface area contributed by atoms with E-state index < -0.39 is 0 Å². The largest absolute Gasteiger partial charge is 0.302 e. The third kappa shape index (κ3) is 3.53. The summed E-state index contributed by atoms with van der Waals surface area (Å²) < 4.78 is 0. The maximum atomic E-state index is 11.8. The van der Waals surface area contributed by atoms with E-state index in [4.69, 9.17) is 5.26 Å². The lowest BCUT2D eigenvalue weighted by Gasteiger charge is -2.20. The van der Waals surface area contributed by atoms with Crippen molar-refractivity contribution >= 4 is 22.4 Å². The zero-order valence-corrected chi connectivity index (χ0v) is 10.4. The lowest BCUT2D eigenvalue weighted by molar-refractivity contribution is -0.117. The van der Waals surface area contributed by atoms with Gasteiger partial charge >= 0.3 is 0 Å². The van der Waals surface area contributed by atoms with Crippen molar-refractivity contribution in [1.29, 1.82) is 5.26 Å². The number of amides is 1. The molecule has 0 radical (unpaired) electrons. The van der Waals surface area contributed by atoms with E-state index in [1.807, 2.05) is 6.07 Å². The van der Waals surface area contributed by atoms with Crippen LogP contribution in [-0.2, 0) is 4.79 Å². The molecule has 1 heterocycles. The summed E-state index contributed by atoms with van der Waals surface area (Å²) in [5.74, 6) is 0.551. The minimum atomic E-state index is 0.0238. The molecule has 1 N–H and O–H groups in total. The fraction of sp³-hybridized carbons (Fsp3) is 0.583. The summed E-state index contributed by atoms with van der Waals surface area (Å²) in [6, 6.07) is 2.01. The fourth-order valence-electron chi connectivity index (χ4n) is 2.21. The monoisotopic (exact) mass is 249 g/mol. The summed E-state index contributed by atoms with van der Waals surface area (Å²) in [7, 11) is 0. The summed E-state index contributed by atoms with van der Waals surface area (Å²) in [5, 5.41) is 11.9. The van der Waals surface area contributed by atoms with Crippen LogP contribution in [0.5, 0.6) is 0 Å². The molecule has 1 amide bonds. The highest BCUT2D eigenvalue weighted by Crippen LogP contribution is 2.27. The van der Waals surface area contributed by atoms with Crippen molar-refractivity contribution in [2.75, 3.05) is 5.32 Å². The van der Waals surface area contributed by atoms with Gasteiger partial charge in [0.1, 0.15) is 10.9 Å². The smallest absolute Gasteiger partial charge is 0.226 e. The molecular formula is C12H15N3OS. The van der Waals surface area contributed by atoms with Crippen molar-refractivity contribution in [3.05, 3.63) is 11.1 Å². The number of carbonyl (C=O) groups is 1. The van der Waals surface area contributed by atoms with Crippen molar-refractivity contribution in [3.8, 4) is 6.07 Å². The van der Waals surface area contributed by atoms with Gasteiger partial charge in [-0.15, -0.1) is 0 Å².